The Hall–Kier alpha value is -1.35. The fraction of sp³-hybridized carbons (Fsp3) is 0.533. The lowest BCUT2D eigenvalue weighted by Gasteiger charge is -2.22. The molecule has 0 radical (unpaired) electrons. The molecule has 3 rings (SSSR count). The van der Waals surface area contributed by atoms with Crippen LogP contribution in [0.25, 0.3) is 0 Å². The first-order chi connectivity index (χ1) is 8.67. The molecule has 0 spiro atoms. The molecule has 0 aromatic heterocycles. The van der Waals surface area contributed by atoms with Crippen molar-refractivity contribution in [2.45, 2.75) is 50.5 Å². The van der Waals surface area contributed by atoms with Gasteiger partial charge in [0.25, 0.3) is 0 Å². The van der Waals surface area contributed by atoms with E-state index in [0.29, 0.717) is 0 Å². The molecule has 2 aliphatic rings. The zero-order chi connectivity index (χ0) is 12.6. The molecular weight excluding hydrogens is 224 g/mol. The molecule has 3 nitrogen and oxygen atoms in total. The fourth-order valence-corrected chi connectivity index (χ4v) is 3.14. The Bertz CT molecular complexity index is 475. The lowest BCUT2D eigenvalue weighted by molar-refractivity contribution is -0.121. The Kier molecular flexibility index (Phi) is 2.86. The number of benzene rings is 1. The molecule has 3 heteroatoms. The molecule has 0 saturated heterocycles. The van der Waals surface area contributed by atoms with Crippen LogP contribution in [0.1, 0.15) is 43.2 Å². The fourth-order valence-electron chi connectivity index (χ4n) is 3.14. The third kappa shape index (κ3) is 2.03. The maximum Gasteiger partial charge on any atom is 0.244 e. The predicted molar refractivity (Wildman–Crippen MR) is 72.5 cm³/mol. The minimum atomic E-state index is -0.640. The van der Waals surface area contributed by atoms with Crippen molar-refractivity contribution in [2.24, 2.45) is 5.73 Å². The highest BCUT2D eigenvalue weighted by Crippen LogP contribution is 2.29. The minimum Gasteiger partial charge on any atom is -0.324 e. The highest BCUT2D eigenvalue weighted by molar-refractivity contribution is 5.98. The lowest BCUT2D eigenvalue weighted by atomic mass is 9.98. The molecule has 18 heavy (non-hydrogen) atoms. The van der Waals surface area contributed by atoms with Crippen molar-refractivity contribution in [3.8, 4) is 0 Å². The highest BCUT2D eigenvalue weighted by atomic mass is 16.2. The third-order valence-corrected chi connectivity index (χ3v) is 4.30. The minimum absolute atomic E-state index is 0.0158. The van der Waals surface area contributed by atoms with Gasteiger partial charge in [-0.2, -0.15) is 0 Å². The summed E-state index contributed by atoms with van der Waals surface area (Å²) >= 11 is 0. The monoisotopic (exact) mass is 244 g/mol. The van der Waals surface area contributed by atoms with Gasteiger partial charge in [0, 0.05) is 5.69 Å². The lowest BCUT2D eigenvalue weighted by Crippen LogP contribution is -2.48. The largest absolute Gasteiger partial charge is 0.324 e. The summed E-state index contributed by atoms with van der Waals surface area (Å²) < 4.78 is 0. The van der Waals surface area contributed by atoms with Gasteiger partial charge in [0.1, 0.15) is 0 Å². The zero-order valence-electron chi connectivity index (χ0n) is 10.7. The van der Waals surface area contributed by atoms with Crippen LogP contribution in [0.4, 0.5) is 5.69 Å². The maximum atomic E-state index is 12.2. The summed E-state index contributed by atoms with van der Waals surface area (Å²) in [4.78, 5) is 12.2. The molecule has 0 atom stereocenters. The average Bonchev–Trinajstić information content (AvgIpc) is 2.98. The number of rotatable bonds is 2. The van der Waals surface area contributed by atoms with E-state index < -0.39 is 5.54 Å². The number of nitrogens with two attached hydrogens (primary N) is 1. The van der Waals surface area contributed by atoms with Crippen LogP contribution in [0.3, 0.4) is 0 Å². The maximum absolute atomic E-state index is 12.2. The molecule has 1 aromatic carbocycles. The molecule has 0 bridgehead atoms. The van der Waals surface area contributed by atoms with Gasteiger partial charge in [0.15, 0.2) is 0 Å². The van der Waals surface area contributed by atoms with Crippen molar-refractivity contribution < 1.29 is 4.79 Å². The number of anilines is 1. The molecule has 0 aliphatic heterocycles. The number of carbonyl (C=O) groups excluding carboxylic acids is 1. The van der Waals surface area contributed by atoms with E-state index in [0.717, 1.165) is 37.8 Å². The summed E-state index contributed by atoms with van der Waals surface area (Å²) in [6.07, 6.45) is 7.28. The summed E-state index contributed by atoms with van der Waals surface area (Å²) in [6, 6.07) is 6.24. The van der Waals surface area contributed by atoms with Crippen molar-refractivity contribution in [3.05, 3.63) is 29.3 Å². The first kappa shape index (κ1) is 11.7. The Labute approximate surface area is 108 Å². The van der Waals surface area contributed by atoms with E-state index >= 15 is 0 Å². The van der Waals surface area contributed by atoms with Crippen LogP contribution in [0.2, 0.25) is 0 Å². The predicted octanol–water partition coefficient (Wildman–Crippen LogP) is 2.39. The average molecular weight is 244 g/mol. The van der Waals surface area contributed by atoms with E-state index in [9.17, 15) is 4.79 Å². The van der Waals surface area contributed by atoms with Gasteiger partial charge >= 0.3 is 0 Å². The molecule has 0 heterocycles. The van der Waals surface area contributed by atoms with Crippen LogP contribution >= 0.6 is 0 Å². The summed E-state index contributed by atoms with van der Waals surface area (Å²) in [7, 11) is 0. The van der Waals surface area contributed by atoms with Crippen molar-refractivity contribution in [1.29, 1.82) is 0 Å². The Morgan fingerprint density at radius 2 is 1.83 bits per heavy atom. The Morgan fingerprint density at radius 3 is 2.61 bits per heavy atom. The van der Waals surface area contributed by atoms with E-state index in [1.807, 2.05) is 6.07 Å². The number of amides is 1. The normalized spacial score (nSPS) is 20.7. The van der Waals surface area contributed by atoms with Gasteiger partial charge in [-0.15, -0.1) is 0 Å². The number of hydrogen-bond acceptors (Lipinski definition) is 2. The van der Waals surface area contributed by atoms with E-state index in [-0.39, 0.29) is 5.91 Å². The Balaban J connectivity index is 1.74. The van der Waals surface area contributed by atoms with Gasteiger partial charge in [0.05, 0.1) is 5.54 Å². The van der Waals surface area contributed by atoms with Crippen LogP contribution in [0.5, 0.6) is 0 Å². The second kappa shape index (κ2) is 4.39. The molecule has 96 valence electrons. The van der Waals surface area contributed by atoms with Gasteiger partial charge in [-0.25, -0.2) is 0 Å². The van der Waals surface area contributed by atoms with Crippen LogP contribution in [0.15, 0.2) is 18.2 Å². The van der Waals surface area contributed by atoms with E-state index in [2.05, 4.69) is 17.4 Å². The number of aryl methyl sites for hydroxylation is 2. The summed E-state index contributed by atoms with van der Waals surface area (Å²) in [5.74, 6) is -0.0158. The van der Waals surface area contributed by atoms with Gasteiger partial charge in [-0.1, -0.05) is 18.9 Å². The number of hydrogen-bond donors (Lipinski definition) is 2. The third-order valence-electron chi connectivity index (χ3n) is 4.30. The van der Waals surface area contributed by atoms with Crippen molar-refractivity contribution in [1.82, 2.24) is 0 Å². The van der Waals surface area contributed by atoms with Crippen molar-refractivity contribution in [2.75, 3.05) is 5.32 Å². The van der Waals surface area contributed by atoms with Gasteiger partial charge in [-0.05, 0) is 55.4 Å². The molecule has 1 saturated carbocycles. The molecule has 0 unspecified atom stereocenters. The molecule has 1 amide bonds. The van der Waals surface area contributed by atoms with Crippen LogP contribution in [-0.2, 0) is 17.6 Å². The first-order valence-electron chi connectivity index (χ1n) is 6.90. The van der Waals surface area contributed by atoms with Crippen molar-refractivity contribution in [3.63, 3.8) is 0 Å². The summed E-state index contributed by atoms with van der Waals surface area (Å²) in [5.41, 5.74) is 9.22. The van der Waals surface area contributed by atoms with Crippen LogP contribution < -0.4 is 11.1 Å². The second-order valence-electron chi connectivity index (χ2n) is 5.65. The summed E-state index contributed by atoms with van der Waals surface area (Å²) in [5, 5.41) is 2.99. The number of fused-ring (bicyclic) bond motifs is 1. The summed E-state index contributed by atoms with van der Waals surface area (Å²) in [6.45, 7) is 0. The SMILES string of the molecule is NC1(C(=O)Nc2ccc3c(c2)CCC3)CCCC1. The first-order valence-corrected chi connectivity index (χ1v) is 6.90. The number of nitrogens with one attached hydrogen (secondary N) is 1. The topological polar surface area (TPSA) is 55.1 Å². The smallest absolute Gasteiger partial charge is 0.244 e. The molecule has 2 aliphatic carbocycles. The van der Waals surface area contributed by atoms with Crippen LogP contribution in [0, 0.1) is 0 Å². The number of carbonyl (C=O) groups is 1. The Morgan fingerprint density at radius 1 is 1.11 bits per heavy atom. The van der Waals surface area contributed by atoms with Gasteiger partial charge in [0.2, 0.25) is 5.91 Å². The molecule has 1 fully saturated rings. The standard InChI is InChI=1S/C15H20N2O/c16-15(8-1-2-9-15)14(18)17-13-7-6-11-4-3-5-12(11)10-13/h6-7,10H,1-5,8-9,16H2,(H,17,18). The van der Waals surface area contributed by atoms with Gasteiger partial charge < -0.3 is 11.1 Å². The molecular formula is C15H20N2O. The van der Waals surface area contributed by atoms with E-state index in [4.69, 9.17) is 5.73 Å². The van der Waals surface area contributed by atoms with E-state index in [1.165, 1.54) is 24.0 Å². The van der Waals surface area contributed by atoms with Crippen molar-refractivity contribution >= 4 is 11.6 Å². The molecule has 3 N–H and O–H groups in total. The van der Waals surface area contributed by atoms with E-state index in [1.54, 1.807) is 0 Å². The van der Waals surface area contributed by atoms with Gasteiger partial charge in [-0.3, -0.25) is 4.79 Å². The molecule has 1 aromatic rings. The highest BCUT2D eigenvalue weighted by Gasteiger charge is 2.36. The zero-order valence-corrected chi connectivity index (χ0v) is 10.7. The second-order valence-corrected chi connectivity index (χ2v) is 5.65. The quantitative estimate of drug-likeness (QED) is 0.839. The van der Waals surface area contributed by atoms with Crippen LogP contribution in [-0.4, -0.2) is 11.4 Å².